The highest BCUT2D eigenvalue weighted by molar-refractivity contribution is 7.89. The molecule has 1 amide bonds. The van der Waals surface area contributed by atoms with Gasteiger partial charge in [0.25, 0.3) is 0 Å². The molecule has 1 aromatic heterocycles. The van der Waals surface area contributed by atoms with Crippen LogP contribution in [0.5, 0.6) is 5.75 Å². The van der Waals surface area contributed by atoms with Crippen LogP contribution in [0.25, 0.3) is 12.2 Å². The Morgan fingerprint density at radius 3 is 2.71 bits per heavy atom. The number of amides is 1. The van der Waals surface area contributed by atoms with Crippen LogP contribution in [0.4, 0.5) is 10.1 Å². The Kier molecular flexibility index (Phi) is 7.32. The second-order valence-corrected chi connectivity index (χ2v) is 10.1. The van der Waals surface area contributed by atoms with Crippen LogP contribution >= 0.6 is 0 Å². The Bertz CT molecular complexity index is 1350. The van der Waals surface area contributed by atoms with Crippen LogP contribution in [0, 0.1) is 18.7 Å². The Balaban J connectivity index is 1.55. The number of halogens is 1. The summed E-state index contributed by atoms with van der Waals surface area (Å²) < 4.78 is 52.9. The number of carbonyl (C=O) groups is 1. The number of benzene rings is 2. The van der Waals surface area contributed by atoms with Crippen molar-refractivity contribution in [2.24, 2.45) is 5.92 Å². The zero-order valence-corrected chi connectivity index (χ0v) is 20.2. The molecule has 1 atom stereocenters. The van der Waals surface area contributed by atoms with Crippen LogP contribution in [0.3, 0.4) is 0 Å². The molecule has 0 bridgehead atoms. The van der Waals surface area contributed by atoms with Gasteiger partial charge in [-0.1, -0.05) is 35.5 Å². The zero-order valence-electron chi connectivity index (χ0n) is 19.4. The van der Waals surface area contributed by atoms with E-state index < -0.39 is 21.8 Å². The predicted octanol–water partition coefficient (Wildman–Crippen LogP) is 4.34. The van der Waals surface area contributed by atoms with Crippen molar-refractivity contribution in [3.05, 3.63) is 71.4 Å². The third kappa shape index (κ3) is 5.28. The Morgan fingerprint density at radius 1 is 1.20 bits per heavy atom. The lowest BCUT2D eigenvalue weighted by molar-refractivity contribution is -0.120. The average Bonchev–Trinajstić information content (AvgIpc) is 3.25. The minimum absolute atomic E-state index is 0.00588. The molecular formula is C25H26FN3O5S. The molecule has 4 rings (SSSR count). The summed E-state index contributed by atoms with van der Waals surface area (Å²) in [4.78, 5) is 12.9. The summed E-state index contributed by atoms with van der Waals surface area (Å²) in [5.41, 5.74) is 1.00. The zero-order chi connectivity index (χ0) is 25.0. The van der Waals surface area contributed by atoms with Gasteiger partial charge < -0.3 is 14.6 Å². The minimum atomic E-state index is -4.02. The number of para-hydroxylation sites is 2. The molecule has 10 heteroatoms. The number of hydrogen-bond donors (Lipinski definition) is 1. The highest BCUT2D eigenvalue weighted by atomic mass is 32.2. The maximum atomic E-state index is 14.0. The van der Waals surface area contributed by atoms with E-state index in [9.17, 15) is 17.6 Å². The number of carbonyl (C=O) groups excluding carboxylic acids is 1. The lowest BCUT2D eigenvalue weighted by atomic mass is 9.98. The van der Waals surface area contributed by atoms with Crippen LogP contribution < -0.4 is 10.1 Å². The van der Waals surface area contributed by atoms with Crippen molar-refractivity contribution >= 4 is 33.8 Å². The maximum Gasteiger partial charge on any atom is 0.248 e. The molecule has 0 aliphatic carbocycles. The van der Waals surface area contributed by atoms with Gasteiger partial charge in [0, 0.05) is 18.7 Å². The number of methoxy groups -OCH3 is 1. The van der Waals surface area contributed by atoms with E-state index in [1.54, 1.807) is 42.5 Å². The molecule has 184 valence electrons. The molecule has 1 saturated heterocycles. The first kappa shape index (κ1) is 24.6. The van der Waals surface area contributed by atoms with Crippen LogP contribution in [-0.2, 0) is 14.8 Å². The Hall–Kier alpha value is -3.50. The SMILES string of the molecule is COc1ccccc1NC(=O)[C@H]1CCCN(S(=O)(=O)c2c(C)noc2/C=C/c2ccccc2F)C1. The normalized spacial score (nSPS) is 16.9. The second-order valence-electron chi connectivity index (χ2n) is 8.21. The molecule has 1 aliphatic rings. The number of nitrogens with zero attached hydrogens (tertiary/aromatic N) is 2. The fourth-order valence-electron chi connectivity index (χ4n) is 4.06. The monoisotopic (exact) mass is 499 g/mol. The van der Waals surface area contributed by atoms with E-state index in [2.05, 4.69) is 10.5 Å². The number of aryl methyl sites for hydroxylation is 1. The largest absolute Gasteiger partial charge is 0.495 e. The Morgan fingerprint density at radius 2 is 1.94 bits per heavy atom. The number of piperidine rings is 1. The summed E-state index contributed by atoms with van der Waals surface area (Å²) in [5.74, 6) is -0.736. The first-order chi connectivity index (χ1) is 16.8. The van der Waals surface area contributed by atoms with Crippen molar-refractivity contribution in [3.8, 4) is 5.75 Å². The fraction of sp³-hybridized carbons (Fsp3) is 0.280. The van der Waals surface area contributed by atoms with E-state index >= 15 is 0 Å². The second kappa shape index (κ2) is 10.4. The molecule has 1 aliphatic heterocycles. The van der Waals surface area contributed by atoms with Crippen molar-refractivity contribution in [1.82, 2.24) is 9.46 Å². The third-order valence-electron chi connectivity index (χ3n) is 5.87. The molecule has 8 nitrogen and oxygen atoms in total. The molecule has 2 aromatic carbocycles. The number of rotatable bonds is 7. The quantitative estimate of drug-likeness (QED) is 0.519. The van der Waals surface area contributed by atoms with Crippen molar-refractivity contribution in [1.29, 1.82) is 0 Å². The van der Waals surface area contributed by atoms with Gasteiger partial charge in [0.05, 0.1) is 18.7 Å². The predicted molar refractivity (Wildman–Crippen MR) is 130 cm³/mol. The smallest absolute Gasteiger partial charge is 0.248 e. The molecule has 1 fully saturated rings. The van der Waals surface area contributed by atoms with E-state index in [0.717, 1.165) is 0 Å². The molecule has 0 radical (unpaired) electrons. The maximum absolute atomic E-state index is 14.0. The molecule has 0 spiro atoms. The van der Waals surface area contributed by atoms with Crippen LogP contribution in [0.15, 0.2) is 57.9 Å². The third-order valence-corrected chi connectivity index (χ3v) is 7.89. The number of sulfonamides is 1. The van der Waals surface area contributed by atoms with Gasteiger partial charge in [-0.2, -0.15) is 4.31 Å². The summed E-state index contributed by atoms with van der Waals surface area (Å²) in [7, 11) is -2.51. The fourth-order valence-corrected chi connectivity index (χ4v) is 5.83. The van der Waals surface area contributed by atoms with E-state index in [1.165, 1.54) is 36.6 Å². The first-order valence-electron chi connectivity index (χ1n) is 11.1. The average molecular weight is 500 g/mol. The molecular weight excluding hydrogens is 473 g/mol. The molecule has 35 heavy (non-hydrogen) atoms. The van der Waals surface area contributed by atoms with Crippen LogP contribution in [0.2, 0.25) is 0 Å². The van der Waals surface area contributed by atoms with Crippen molar-refractivity contribution in [2.45, 2.75) is 24.7 Å². The standard InChI is InChI=1S/C25H26FN3O5S/c1-17-24(23(34-28-17)14-13-18-8-3-4-10-20(18)26)35(31,32)29-15-7-9-19(16-29)25(30)27-21-11-5-6-12-22(21)33-2/h3-6,8,10-14,19H,7,9,15-16H2,1-2H3,(H,27,30)/b14-13+/t19-/m0/s1. The highest BCUT2D eigenvalue weighted by Crippen LogP contribution is 2.30. The van der Waals surface area contributed by atoms with Crippen molar-refractivity contribution < 1.29 is 26.9 Å². The van der Waals surface area contributed by atoms with Gasteiger partial charge in [-0.3, -0.25) is 4.79 Å². The van der Waals surface area contributed by atoms with E-state index in [1.807, 2.05) is 0 Å². The van der Waals surface area contributed by atoms with Gasteiger partial charge in [0.15, 0.2) is 10.7 Å². The number of aromatic nitrogens is 1. The van der Waals surface area contributed by atoms with Gasteiger partial charge in [-0.15, -0.1) is 0 Å². The molecule has 1 N–H and O–H groups in total. The van der Waals surface area contributed by atoms with E-state index in [-0.39, 0.29) is 40.9 Å². The highest BCUT2D eigenvalue weighted by Gasteiger charge is 2.37. The number of nitrogens with one attached hydrogen (secondary N) is 1. The van der Waals surface area contributed by atoms with Gasteiger partial charge in [-0.05, 0) is 50.1 Å². The Labute approximate surface area is 203 Å². The van der Waals surface area contributed by atoms with Crippen molar-refractivity contribution in [2.75, 3.05) is 25.5 Å². The van der Waals surface area contributed by atoms with E-state index in [4.69, 9.17) is 9.26 Å². The lowest BCUT2D eigenvalue weighted by Gasteiger charge is -2.31. The summed E-state index contributed by atoms with van der Waals surface area (Å²) in [5, 5.41) is 6.66. The number of hydrogen-bond acceptors (Lipinski definition) is 6. The van der Waals surface area contributed by atoms with Gasteiger partial charge in [0.1, 0.15) is 17.3 Å². The lowest BCUT2D eigenvalue weighted by Crippen LogP contribution is -2.43. The van der Waals surface area contributed by atoms with Gasteiger partial charge in [0.2, 0.25) is 15.9 Å². The number of ether oxygens (including phenoxy) is 1. The molecule has 0 saturated carbocycles. The van der Waals surface area contributed by atoms with E-state index in [0.29, 0.717) is 24.3 Å². The minimum Gasteiger partial charge on any atom is -0.495 e. The summed E-state index contributed by atoms with van der Waals surface area (Å²) >= 11 is 0. The molecule has 2 heterocycles. The van der Waals surface area contributed by atoms with Crippen LogP contribution in [0.1, 0.15) is 29.9 Å². The van der Waals surface area contributed by atoms with Gasteiger partial charge in [-0.25, -0.2) is 12.8 Å². The molecule has 3 aromatic rings. The first-order valence-corrected chi connectivity index (χ1v) is 12.6. The van der Waals surface area contributed by atoms with Gasteiger partial charge >= 0.3 is 0 Å². The number of anilines is 1. The topological polar surface area (TPSA) is 102 Å². The summed E-state index contributed by atoms with van der Waals surface area (Å²) in [6.07, 6.45) is 3.90. The van der Waals surface area contributed by atoms with Crippen LogP contribution in [-0.4, -0.2) is 44.0 Å². The summed E-state index contributed by atoms with van der Waals surface area (Å²) in [6.45, 7) is 1.82. The summed E-state index contributed by atoms with van der Waals surface area (Å²) in [6, 6.07) is 13.2. The molecule has 0 unspecified atom stereocenters. The van der Waals surface area contributed by atoms with Crippen molar-refractivity contribution in [3.63, 3.8) is 0 Å².